The van der Waals surface area contributed by atoms with Gasteiger partial charge in [-0.3, -0.25) is 4.79 Å². The highest BCUT2D eigenvalue weighted by atomic mass is 16.5. The Bertz CT molecular complexity index is 463. The van der Waals surface area contributed by atoms with Gasteiger partial charge in [0.1, 0.15) is 5.75 Å². The molecule has 0 amide bonds. The van der Waals surface area contributed by atoms with E-state index in [1.54, 1.807) is 48.6 Å². The quantitative estimate of drug-likeness (QED) is 0.711. The largest absolute Gasteiger partial charge is 0.497 e. The number of aromatic nitrogens is 2. The van der Waals surface area contributed by atoms with Crippen molar-refractivity contribution in [2.24, 2.45) is 0 Å². The number of carbonyl (C=O) groups excluding carboxylic acids is 1. The number of carbonyl (C=O) groups is 1. The van der Waals surface area contributed by atoms with Gasteiger partial charge in [0, 0.05) is 24.0 Å². The molecule has 15 heavy (non-hydrogen) atoms. The van der Waals surface area contributed by atoms with E-state index in [2.05, 4.69) is 4.98 Å². The molecule has 0 aliphatic heterocycles. The molecule has 0 N–H and O–H groups in total. The fraction of sp³-hybridized carbons (Fsp3) is 0.0909. The van der Waals surface area contributed by atoms with Crippen molar-refractivity contribution >= 4 is 6.29 Å². The standard InChI is InChI=1S/C11H10N2O2/c1-15-10-3-2-9(7-14)11(6-10)13-5-4-12-8-13/h2-8H,1H3. The van der Waals surface area contributed by atoms with Crippen LogP contribution in [0, 0.1) is 0 Å². The maximum Gasteiger partial charge on any atom is 0.152 e. The maximum absolute atomic E-state index is 10.8. The SMILES string of the molecule is COc1ccc(C=O)c(-n2ccnc2)c1. The van der Waals surface area contributed by atoms with E-state index in [1.807, 2.05) is 0 Å². The van der Waals surface area contributed by atoms with E-state index in [-0.39, 0.29) is 0 Å². The highest BCUT2D eigenvalue weighted by molar-refractivity contribution is 5.81. The lowest BCUT2D eigenvalue weighted by molar-refractivity contribution is 0.112. The molecule has 0 saturated carbocycles. The number of nitrogens with zero attached hydrogens (tertiary/aromatic N) is 2. The predicted molar refractivity (Wildman–Crippen MR) is 55.5 cm³/mol. The summed E-state index contributed by atoms with van der Waals surface area (Å²) in [5.41, 5.74) is 1.37. The maximum atomic E-state index is 10.8. The van der Waals surface area contributed by atoms with Gasteiger partial charge in [-0.1, -0.05) is 0 Å². The second-order valence-corrected chi connectivity index (χ2v) is 3.01. The van der Waals surface area contributed by atoms with E-state index in [0.29, 0.717) is 11.3 Å². The average Bonchev–Trinajstić information content (AvgIpc) is 2.81. The van der Waals surface area contributed by atoms with Crippen molar-refractivity contribution in [2.45, 2.75) is 0 Å². The minimum atomic E-state index is 0.605. The number of imidazole rings is 1. The summed E-state index contributed by atoms with van der Waals surface area (Å²) in [5, 5.41) is 0. The van der Waals surface area contributed by atoms with Crippen LogP contribution in [-0.4, -0.2) is 22.9 Å². The lowest BCUT2D eigenvalue weighted by atomic mass is 10.2. The van der Waals surface area contributed by atoms with Gasteiger partial charge in [-0.2, -0.15) is 0 Å². The Hall–Kier alpha value is -2.10. The summed E-state index contributed by atoms with van der Waals surface area (Å²) < 4.78 is 6.87. The van der Waals surface area contributed by atoms with Gasteiger partial charge in [0.2, 0.25) is 0 Å². The zero-order valence-electron chi connectivity index (χ0n) is 8.25. The summed E-state index contributed by atoms with van der Waals surface area (Å²) in [6.07, 6.45) is 5.90. The molecule has 2 rings (SSSR count). The zero-order valence-corrected chi connectivity index (χ0v) is 8.25. The summed E-state index contributed by atoms with van der Waals surface area (Å²) in [4.78, 5) is 14.8. The number of rotatable bonds is 3. The summed E-state index contributed by atoms with van der Waals surface area (Å²) >= 11 is 0. The summed E-state index contributed by atoms with van der Waals surface area (Å²) in [7, 11) is 1.59. The number of hydrogen-bond donors (Lipinski definition) is 0. The van der Waals surface area contributed by atoms with Crippen LogP contribution in [0.5, 0.6) is 5.75 Å². The van der Waals surface area contributed by atoms with Gasteiger partial charge in [0.05, 0.1) is 19.1 Å². The summed E-state index contributed by atoms with van der Waals surface area (Å²) in [5.74, 6) is 0.712. The van der Waals surface area contributed by atoms with Gasteiger partial charge in [-0.05, 0) is 12.1 Å². The highest BCUT2D eigenvalue weighted by Gasteiger charge is 2.04. The van der Waals surface area contributed by atoms with E-state index >= 15 is 0 Å². The molecule has 4 heteroatoms. The van der Waals surface area contributed by atoms with Gasteiger partial charge in [0.25, 0.3) is 0 Å². The third-order valence-corrected chi connectivity index (χ3v) is 2.15. The van der Waals surface area contributed by atoms with Crippen LogP contribution >= 0.6 is 0 Å². The fourth-order valence-electron chi connectivity index (χ4n) is 1.38. The first-order valence-corrected chi connectivity index (χ1v) is 4.46. The molecule has 0 fully saturated rings. The molecular weight excluding hydrogens is 192 g/mol. The van der Waals surface area contributed by atoms with E-state index in [4.69, 9.17) is 4.74 Å². The van der Waals surface area contributed by atoms with Crippen molar-refractivity contribution in [1.29, 1.82) is 0 Å². The average molecular weight is 202 g/mol. The second kappa shape index (κ2) is 3.96. The molecule has 0 saturated heterocycles. The first-order chi connectivity index (χ1) is 7.35. The topological polar surface area (TPSA) is 44.1 Å². The molecule has 0 radical (unpaired) electrons. The summed E-state index contributed by atoms with van der Waals surface area (Å²) in [6, 6.07) is 5.27. The second-order valence-electron chi connectivity index (χ2n) is 3.01. The Balaban J connectivity index is 2.56. The lowest BCUT2D eigenvalue weighted by Gasteiger charge is -2.07. The lowest BCUT2D eigenvalue weighted by Crippen LogP contribution is -1.97. The van der Waals surface area contributed by atoms with E-state index in [9.17, 15) is 4.79 Å². The Labute approximate surface area is 87.1 Å². The molecule has 0 spiro atoms. The minimum Gasteiger partial charge on any atom is -0.497 e. The molecule has 1 aromatic carbocycles. The molecule has 0 aliphatic rings. The van der Waals surface area contributed by atoms with Crippen molar-refractivity contribution in [1.82, 2.24) is 9.55 Å². The molecule has 0 aliphatic carbocycles. The Kier molecular flexibility index (Phi) is 2.49. The van der Waals surface area contributed by atoms with Gasteiger partial charge in [0.15, 0.2) is 6.29 Å². The van der Waals surface area contributed by atoms with Gasteiger partial charge >= 0.3 is 0 Å². The third-order valence-electron chi connectivity index (χ3n) is 2.15. The van der Waals surface area contributed by atoms with Crippen LogP contribution in [0.3, 0.4) is 0 Å². The zero-order chi connectivity index (χ0) is 10.7. The van der Waals surface area contributed by atoms with Crippen LogP contribution in [0.15, 0.2) is 36.9 Å². The molecule has 0 bridgehead atoms. The minimum absolute atomic E-state index is 0.605. The molecule has 0 unspecified atom stereocenters. The van der Waals surface area contributed by atoms with Crippen LogP contribution in [0.2, 0.25) is 0 Å². The van der Waals surface area contributed by atoms with E-state index in [1.165, 1.54) is 0 Å². The predicted octanol–water partition coefficient (Wildman–Crippen LogP) is 1.69. The molecule has 2 aromatic rings. The molecule has 1 heterocycles. The van der Waals surface area contributed by atoms with Crippen LogP contribution in [0.1, 0.15) is 10.4 Å². The normalized spacial score (nSPS) is 9.93. The van der Waals surface area contributed by atoms with E-state index in [0.717, 1.165) is 12.0 Å². The van der Waals surface area contributed by atoms with Crippen LogP contribution in [0.4, 0.5) is 0 Å². The highest BCUT2D eigenvalue weighted by Crippen LogP contribution is 2.19. The molecule has 76 valence electrons. The van der Waals surface area contributed by atoms with Gasteiger partial charge in [-0.25, -0.2) is 4.98 Å². The first-order valence-electron chi connectivity index (χ1n) is 4.46. The van der Waals surface area contributed by atoms with Crippen molar-refractivity contribution in [3.63, 3.8) is 0 Å². The van der Waals surface area contributed by atoms with Crippen molar-refractivity contribution < 1.29 is 9.53 Å². The summed E-state index contributed by atoms with van der Waals surface area (Å²) in [6.45, 7) is 0. The number of aldehydes is 1. The number of ether oxygens (including phenoxy) is 1. The Morgan fingerprint density at radius 1 is 1.47 bits per heavy atom. The van der Waals surface area contributed by atoms with Crippen molar-refractivity contribution in [2.75, 3.05) is 7.11 Å². The molecule has 4 nitrogen and oxygen atoms in total. The van der Waals surface area contributed by atoms with Crippen LogP contribution in [-0.2, 0) is 0 Å². The van der Waals surface area contributed by atoms with Gasteiger partial charge in [-0.15, -0.1) is 0 Å². The third kappa shape index (κ3) is 1.74. The fourth-order valence-corrected chi connectivity index (χ4v) is 1.38. The van der Waals surface area contributed by atoms with Crippen molar-refractivity contribution in [3.05, 3.63) is 42.5 Å². The molecule has 0 atom stereocenters. The molecule has 1 aromatic heterocycles. The number of hydrogen-bond acceptors (Lipinski definition) is 3. The number of methoxy groups -OCH3 is 1. The van der Waals surface area contributed by atoms with Crippen molar-refractivity contribution in [3.8, 4) is 11.4 Å². The van der Waals surface area contributed by atoms with Gasteiger partial charge < -0.3 is 9.30 Å². The van der Waals surface area contributed by atoms with Crippen LogP contribution in [0.25, 0.3) is 5.69 Å². The molecular formula is C11H10N2O2. The monoisotopic (exact) mass is 202 g/mol. The smallest absolute Gasteiger partial charge is 0.152 e. The first kappa shape index (κ1) is 9.45. The number of benzene rings is 1. The van der Waals surface area contributed by atoms with Crippen LogP contribution < -0.4 is 4.74 Å². The van der Waals surface area contributed by atoms with E-state index < -0.39 is 0 Å². The Morgan fingerprint density at radius 2 is 2.33 bits per heavy atom. The Morgan fingerprint density at radius 3 is 2.93 bits per heavy atom.